The molecule has 0 N–H and O–H groups in total. The summed E-state index contributed by atoms with van der Waals surface area (Å²) >= 11 is 0. The number of fused-ring (bicyclic) bond motifs is 2. The highest BCUT2D eigenvalue weighted by Crippen LogP contribution is 2.19. The minimum atomic E-state index is 0.732. The first kappa shape index (κ1) is 9.97. The van der Waals surface area contributed by atoms with Crippen molar-refractivity contribution in [2.75, 3.05) is 0 Å². The van der Waals surface area contributed by atoms with Crippen molar-refractivity contribution in [1.82, 2.24) is 0 Å². The van der Waals surface area contributed by atoms with Crippen LogP contribution in [0, 0.1) is 0 Å². The largest absolute Gasteiger partial charge is 0.298 e. The first-order chi connectivity index (χ1) is 8.31. The highest BCUT2D eigenvalue weighted by Gasteiger charge is 2.14. The van der Waals surface area contributed by atoms with Crippen molar-refractivity contribution in [1.29, 1.82) is 0 Å². The molecule has 0 aliphatic heterocycles. The van der Waals surface area contributed by atoms with Gasteiger partial charge in [-0.25, -0.2) is 0 Å². The van der Waals surface area contributed by atoms with Crippen molar-refractivity contribution >= 4 is 28.1 Å². The maximum atomic E-state index is 11.1. The molecule has 0 spiro atoms. The summed E-state index contributed by atoms with van der Waals surface area (Å²) in [5, 5.41) is 2.28. The van der Waals surface area contributed by atoms with Crippen LogP contribution in [0.2, 0.25) is 0 Å². The zero-order valence-corrected chi connectivity index (χ0v) is 9.55. The molecule has 3 rings (SSSR count). The summed E-state index contributed by atoms with van der Waals surface area (Å²) < 4.78 is 2.08. The van der Waals surface area contributed by atoms with Gasteiger partial charge in [-0.3, -0.25) is 4.79 Å². The van der Waals surface area contributed by atoms with Gasteiger partial charge in [0.05, 0.1) is 5.56 Å². The Morgan fingerprint density at radius 1 is 1.00 bits per heavy atom. The normalized spacial score (nSPS) is 10.9. The van der Waals surface area contributed by atoms with Crippen LogP contribution in [0.25, 0.3) is 21.8 Å². The molecule has 0 aliphatic carbocycles. The topological polar surface area (TPSA) is 20.9 Å². The third kappa shape index (κ3) is 1.41. The molecule has 82 valence electrons. The molecule has 17 heavy (non-hydrogen) atoms. The molecule has 0 saturated carbocycles. The van der Waals surface area contributed by atoms with Crippen molar-refractivity contribution in [2.45, 2.75) is 0 Å². The molecule has 0 amide bonds. The second-order valence-corrected chi connectivity index (χ2v) is 4.17. The first-order valence-corrected chi connectivity index (χ1v) is 5.57. The number of pyridine rings is 1. The molecule has 3 aromatic rings. The lowest BCUT2D eigenvalue weighted by atomic mass is 10.1. The number of carbonyl (C=O) groups is 1. The van der Waals surface area contributed by atoms with Crippen LogP contribution in [-0.4, -0.2) is 6.29 Å². The predicted octanol–water partition coefficient (Wildman–Crippen LogP) is 2.63. The van der Waals surface area contributed by atoms with Crippen molar-refractivity contribution in [3.8, 4) is 0 Å². The van der Waals surface area contributed by atoms with Crippen LogP contribution in [0.15, 0.2) is 48.5 Å². The summed E-state index contributed by atoms with van der Waals surface area (Å²) in [6.45, 7) is 0. The molecule has 2 aromatic carbocycles. The molecular formula is C15H12NO+. The van der Waals surface area contributed by atoms with Crippen LogP contribution in [-0.2, 0) is 7.05 Å². The number of aldehydes is 1. The second kappa shape index (κ2) is 3.67. The summed E-state index contributed by atoms with van der Waals surface area (Å²) in [4.78, 5) is 11.1. The lowest BCUT2D eigenvalue weighted by Crippen LogP contribution is -2.31. The fourth-order valence-electron chi connectivity index (χ4n) is 2.38. The molecule has 0 radical (unpaired) electrons. The number of aromatic nitrogens is 1. The van der Waals surface area contributed by atoms with Gasteiger partial charge in [0.25, 0.3) is 0 Å². The molecule has 1 heterocycles. The number of benzene rings is 2. The van der Waals surface area contributed by atoms with E-state index >= 15 is 0 Å². The smallest absolute Gasteiger partial charge is 0.223 e. The van der Waals surface area contributed by atoms with Crippen LogP contribution in [0.1, 0.15) is 10.4 Å². The van der Waals surface area contributed by atoms with Crippen LogP contribution >= 0.6 is 0 Å². The first-order valence-electron chi connectivity index (χ1n) is 5.57. The van der Waals surface area contributed by atoms with Crippen molar-refractivity contribution in [2.24, 2.45) is 7.05 Å². The molecular weight excluding hydrogens is 210 g/mol. The van der Waals surface area contributed by atoms with Crippen molar-refractivity contribution in [3.05, 3.63) is 54.1 Å². The van der Waals surface area contributed by atoms with Crippen LogP contribution in [0.4, 0.5) is 0 Å². The Kier molecular flexibility index (Phi) is 2.15. The average molecular weight is 222 g/mol. The Morgan fingerprint density at radius 2 is 1.76 bits per heavy atom. The van der Waals surface area contributed by atoms with Gasteiger partial charge in [-0.05, 0) is 24.3 Å². The number of carbonyl (C=O) groups excluding carboxylic acids is 1. The zero-order valence-electron chi connectivity index (χ0n) is 9.55. The number of hydrogen-bond acceptors (Lipinski definition) is 1. The average Bonchev–Trinajstić information content (AvgIpc) is 2.38. The molecule has 0 aliphatic rings. The monoisotopic (exact) mass is 222 g/mol. The third-order valence-corrected chi connectivity index (χ3v) is 3.17. The van der Waals surface area contributed by atoms with Crippen LogP contribution in [0.3, 0.4) is 0 Å². The summed E-state index contributed by atoms with van der Waals surface area (Å²) in [5.74, 6) is 0. The van der Waals surface area contributed by atoms with Gasteiger partial charge in [0.2, 0.25) is 11.0 Å². The van der Waals surface area contributed by atoms with Gasteiger partial charge >= 0.3 is 0 Å². The van der Waals surface area contributed by atoms with Gasteiger partial charge in [0.1, 0.15) is 7.05 Å². The molecule has 0 fully saturated rings. The van der Waals surface area contributed by atoms with E-state index in [0.29, 0.717) is 0 Å². The SMILES string of the molecule is C[n+]1c2ccccc2cc2cccc(C=O)c21. The number of rotatable bonds is 1. The predicted molar refractivity (Wildman–Crippen MR) is 68.0 cm³/mol. The molecule has 2 heteroatoms. The lowest BCUT2D eigenvalue weighted by Gasteiger charge is -2.03. The van der Waals surface area contributed by atoms with Gasteiger partial charge in [0.15, 0.2) is 6.29 Å². The Labute approximate surface area is 99.1 Å². The van der Waals surface area contributed by atoms with E-state index in [1.54, 1.807) is 0 Å². The van der Waals surface area contributed by atoms with E-state index < -0.39 is 0 Å². The van der Waals surface area contributed by atoms with Gasteiger partial charge in [-0.15, -0.1) is 0 Å². The second-order valence-electron chi connectivity index (χ2n) is 4.17. The maximum Gasteiger partial charge on any atom is 0.223 e. The Hall–Kier alpha value is -2.22. The highest BCUT2D eigenvalue weighted by molar-refractivity contribution is 5.97. The quantitative estimate of drug-likeness (QED) is 0.352. The maximum absolute atomic E-state index is 11.1. The standard InChI is InChI=1S/C15H12NO/c1-16-14-8-3-2-5-11(14)9-12-6-4-7-13(10-17)15(12)16/h2-10H,1H3/q+1. The minimum absolute atomic E-state index is 0.732. The van der Waals surface area contributed by atoms with Gasteiger partial charge in [-0.1, -0.05) is 18.2 Å². The molecule has 1 aromatic heterocycles. The summed E-state index contributed by atoms with van der Waals surface area (Å²) in [6, 6.07) is 16.1. The lowest BCUT2D eigenvalue weighted by molar-refractivity contribution is -0.617. The minimum Gasteiger partial charge on any atom is -0.298 e. The molecule has 0 bridgehead atoms. The van der Waals surface area contributed by atoms with E-state index in [1.807, 2.05) is 37.4 Å². The van der Waals surface area contributed by atoms with E-state index in [2.05, 4.69) is 22.8 Å². The molecule has 2 nitrogen and oxygen atoms in total. The van der Waals surface area contributed by atoms with E-state index in [-0.39, 0.29) is 0 Å². The van der Waals surface area contributed by atoms with E-state index in [1.165, 1.54) is 5.39 Å². The van der Waals surface area contributed by atoms with Crippen LogP contribution in [0.5, 0.6) is 0 Å². The number of nitrogens with zero attached hydrogens (tertiary/aromatic N) is 1. The summed E-state index contributed by atoms with van der Waals surface area (Å²) in [6.07, 6.45) is 0.914. The van der Waals surface area contributed by atoms with Crippen molar-refractivity contribution in [3.63, 3.8) is 0 Å². The van der Waals surface area contributed by atoms with Crippen molar-refractivity contribution < 1.29 is 9.36 Å². The third-order valence-electron chi connectivity index (χ3n) is 3.17. The fourth-order valence-corrected chi connectivity index (χ4v) is 2.38. The Balaban J connectivity index is 2.60. The molecule has 0 unspecified atom stereocenters. The fraction of sp³-hybridized carbons (Fsp3) is 0.0667. The van der Waals surface area contributed by atoms with Gasteiger partial charge in [-0.2, -0.15) is 4.57 Å². The van der Waals surface area contributed by atoms with E-state index in [9.17, 15) is 4.79 Å². The van der Waals surface area contributed by atoms with Crippen LogP contribution < -0.4 is 4.57 Å². The van der Waals surface area contributed by atoms with E-state index in [4.69, 9.17) is 0 Å². The summed E-state index contributed by atoms with van der Waals surface area (Å²) in [5.41, 5.74) is 2.85. The van der Waals surface area contributed by atoms with Gasteiger partial charge in [0, 0.05) is 16.8 Å². The number of aryl methyl sites for hydroxylation is 1. The zero-order chi connectivity index (χ0) is 11.8. The number of hydrogen-bond donors (Lipinski definition) is 0. The highest BCUT2D eigenvalue weighted by atomic mass is 16.1. The molecule has 0 saturated heterocycles. The van der Waals surface area contributed by atoms with E-state index in [0.717, 1.165) is 28.3 Å². The Morgan fingerprint density at radius 3 is 2.59 bits per heavy atom. The summed E-state index contributed by atoms with van der Waals surface area (Å²) in [7, 11) is 2.00. The number of para-hydroxylation sites is 2. The van der Waals surface area contributed by atoms with Gasteiger partial charge < -0.3 is 0 Å². The molecule has 0 atom stereocenters. The Bertz CT molecular complexity index is 731.